The maximum atomic E-state index is 11.5. The van der Waals surface area contributed by atoms with E-state index in [9.17, 15) is 4.79 Å². The molecule has 0 aliphatic carbocycles. The number of hydrogen-bond acceptors (Lipinski definition) is 4. The van der Waals surface area contributed by atoms with E-state index in [2.05, 4.69) is 20.9 Å². The summed E-state index contributed by atoms with van der Waals surface area (Å²) in [6.07, 6.45) is 1.50. The Morgan fingerprint density at radius 3 is 3.00 bits per heavy atom. The van der Waals surface area contributed by atoms with E-state index in [-0.39, 0.29) is 12.1 Å². The Morgan fingerprint density at radius 2 is 2.43 bits per heavy atom. The number of esters is 1. The molecule has 0 N–H and O–H groups in total. The number of carbonyl (C=O) groups excluding carboxylic acids is 1. The smallest absolute Gasteiger partial charge is 0.341 e. The van der Waals surface area contributed by atoms with Gasteiger partial charge >= 0.3 is 5.97 Å². The first-order valence-corrected chi connectivity index (χ1v) is 4.96. The fraction of sp³-hybridized carbons (Fsp3) is 0.333. The number of carbonyl (C=O) groups is 1. The highest BCUT2D eigenvalue weighted by atomic mass is 79.9. The van der Waals surface area contributed by atoms with Crippen molar-refractivity contribution in [2.45, 2.75) is 6.10 Å². The van der Waals surface area contributed by atoms with Gasteiger partial charge in [-0.3, -0.25) is 0 Å². The highest BCUT2D eigenvalue weighted by Crippen LogP contribution is 2.16. The Balaban J connectivity index is 2.06. The van der Waals surface area contributed by atoms with Gasteiger partial charge in [0.15, 0.2) is 0 Å². The molecule has 1 aliphatic heterocycles. The third-order valence-electron chi connectivity index (χ3n) is 1.86. The molecule has 74 valence electrons. The zero-order chi connectivity index (χ0) is 9.97. The lowest BCUT2D eigenvalue weighted by molar-refractivity contribution is -0.103. The van der Waals surface area contributed by atoms with Gasteiger partial charge in [-0.15, -0.1) is 0 Å². The van der Waals surface area contributed by atoms with Crippen LogP contribution >= 0.6 is 15.9 Å². The summed E-state index contributed by atoms with van der Waals surface area (Å²) in [6.45, 7) is 0.979. The van der Waals surface area contributed by atoms with E-state index in [0.717, 1.165) is 0 Å². The van der Waals surface area contributed by atoms with Crippen LogP contribution in [0.15, 0.2) is 22.9 Å². The molecule has 0 aromatic carbocycles. The summed E-state index contributed by atoms with van der Waals surface area (Å²) in [5, 5.41) is 0. The second kappa shape index (κ2) is 4.06. The maximum absolute atomic E-state index is 11.5. The molecule has 4 nitrogen and oxygen atoms in total. The van der Waals surface area contributed by atoms with E-state index in [1.807, 2.05) is 0 Å². The number of aromatic nitrogens is 1. The monoisotopic (exact) mass is 257 g/mol. The van der Waals surface area contributed by atoms with E-state index in [1.165, 1.54) is 0 Å². The van der Waals surface area contributed by atoms with Crippen molar-refractivity contribution in [1.29, 1.82) is 0 Å². The largest absolute Gasteiger partial charge is 0.454 e. The number of pyridine rings is 1. The topological polar surface area (TPSA) is 48.4 Å². The summed E-state index contributed by atoms with van der Waals surface area (Å²) >= 11 is 3.18. The molecule has 2 rings (SSSR count). The van der Waals surface area contributed by atoms with Crippen LogP contribution in [0.25, 0.3) is 0 Å². The molecule has 5 heteroatoms. The molecular weight excluding hydrogens is 250 g/mol. The van der Waals surface area contributed by atoms with Crippen LogP contribution in [0.2, 0.25) is 0 Å². The van der Waals surface area contributed by atoms with Gasteiger partial charge in [0.2, 0.25) is 0 Å². The first-order chi connectivity index (χ1) is 6.77. The second-order valence-corrected chi connectivity index (χ2v) is 3.66. The molecule has 0 atom stereocenters. The van der Waals surface area contributed by atoms with Crippen LogP contribution in [-0.4, -0.2) is 30.3 Å². The first-order valence-electron chi connectivity index (χ1n) is 4.16. The Hall–Kier alpha value is -0.940. The molecule has 2 heterocycles. The van der Waals surface area contributed by atoms with Crippen molar-refractivity contribution < 1.29 is 14.3 Å². The van der Waals surface area contributed by atoms with Gasteiger partial charge in [0, 0.05) is 6.20 Å². The Bertz CT molecular complexity index is 352. The van der Waals surface area contributed by atoms with Crippen molar-refractivity contribution in [3.05, 3.63) is 28.5 Å². The van der Waals surface area contributed by atoms with Gasteiger partial charge in [0.05, 0.1) is 18.8 Å². The Labute approximate surface area is 89.4 Å². The van der Waals surface area contributed by atoms with E-state index in [0.29, 0.717) is 23.4 Å². The van der Waals surface area contributed by atoms with Gasteiger partial charge in [0.1, 0.15) is 10.7 Å². The summed E-state index contributed by atoms with van der Waals surface area (Å²) in [7, 11) is 0. The summed E-state index contributed by atoms with van der Waals surface area (Å²) in [5.41, 5.74) is 0.444. The molecule has 0 amide bonds. The van der Waals surface area contributed by atoms with Crippen molar-refractivity contribution in [3.8, 4) is 0 Å². The maximum Gasteiger partial charge on any atom is 0.341 e. The molecule has 1 aromatic rings. The van der Waals surface area contributed by atoms with Crippen molar-refractivity contribution in [3.63, 3.8) is 0 Å². The van der Waals surface area contributed by atoms with Crippen molar-refractivity contribution in [2.75, 3.05) is 13.2 Å². The standard InChI is InChI=1S/C9H8BrNO3/c10-8-7(2-1-3-11-8)9(12)14-6-4-13-5-6/h1-3,6H,4-5H2. The lowest BCUT2D eigenvalue weighted by atomic mass is 10.3. The van der Waals surface area contributed by atoms with Crippen LogP contribution in [0, 0.1) is 0 Å². The molecule has 0 radical (unpaired) electrons. The van der Waals surface area contributed by atoms with Crippen molar-refractivity contribution in [1.82, 2.24) is 4.98 Å². The molecule has 1 aliphatic rings. The van der Waals surface area contributed by atoms with E-state index < -0.39 is 0 Å². The molecular formula is C9H8BrNO3. The average Bonchev–Trinajstić information content (AvgIpc) is 2.12. The molecule has 0 spiro atoms. The Kier molecular flexibility index (Phi) is 2.79. The molecule has 0 unspecified atom stereocenters. The summed E-state index contributed by atoms with van der Waals surface area (Å²) < 4.78 is 10.5. The van der Waals surface area contributed by atoms with Gasteiger partial charge < -0.3 is 9.47 Å². The minimum atomic E-state index is -0.363. The van der Waals surface area contributed by atoms with Gasteiger partial charge in [-0.25, -0.2) is 9.78 Å². The molecule has 1 saturated heterocycles. The van der Waals surface area contributed by atoms with Gasteiger partial charge in [-0.1, -0.05) is 0 Å². The van der Waals surface area contributed by atoms with Gasteiger partial charge in [0.25, 0.3) is 0 Å². The molecule has 14 heavy (non-hydrogen) atoms. The molecule has 1 fully saturated rings. The van der Waals surface area contributed by atoms with Crippen LogP contribution in [0.1, 0.15) is 10.4 Å². The average molecular weight is 258 g/mol. The van der Waals surface area contributed by atoms with Crippen LogP contribution in [0.3, 0.4) is 0 Å². The van der Waals surface area contributed by atoms with Crippen molar-refractivity contribution in [2.24, 2.45) is 0 Å². The highest BCUT2D eigenvalue weighted by molar-refractivity contribution is 9.10. The van der Waals surface area contributed by atoms with Gasteiger partial charge in [-0.2, -0.15) is 0 Å². The molecule has 0 bridgehead atoms. The fourth-order valence-corrected chi connectivity index (χ4v) is 1.45. The summed E-state index contributed by atoms with van der Waals surface area (Å²) in [6, 6.07) is 3.36. The van der Waals surface area contributed by atoms with Crippen LogP contribution in [-0.2, 0) is 9.47 Å². The SMILES string of the molecule is O=C(OC1COC1)c1cccnc1Br. The zero-order valence-electron chi connectivity index (χ0n) is 7.27. The molecule has 0 saturated carbocycles. The van der Waals surface area contributed by atoms with Crippen molar-refractivity contribution >= 4 is 21.9 Å². The minimum absolute atomic E-state index is 0.102. The fourth-order valence-electron chi connectivity index (χ4n) is 1.04. The first kappa shape index (κ1) is 9.61. The second-order valence-electron chi connectivity index (χ2n) is 2.91. The van der Waals surface area contributed by atoms with E-state index in [1.54, 1.807) is 18.3 Å². The third-order valence-corrected chi connectivity index (χ3v) is 2.49. The summed E-state index contributed by atoms with van der Waals surface area (Å²) in [5.74, 6) is -0.363. The molecule has 1 aromatic heterocycles. The number of hydrogen-bond donors (Lipinski definition) is 0. The third kappa shape index (κ3) is 1.93. The number of rotatable bonds is 2. The minimum Gasteiger partial charge on any atom is -0.454 e. The highest BCUT2D eigenvalue weighted by Gasteiger charge is 2.24. The number of halogens is 1. The van der Waals surface area contributed by atoms with E-state index >= 15 is 0 Å². The predicted molar refractivity (Wildman–Crippen MR) is 52.0 cm³/mol. The van der Waals surface area contributed by atoms with E-state index in [4.69, 9.17) is 9.47 Å². The van der Waals surface area contributed by atoms with Crippen LogP contribution < -0.4 is 0 Å². The normalized spacial score (nSPS) is 16.1. The number of nitrogens with zero attached hydrogens (tertiary/aromatic N) is 1. The summed E-state index contributed by atoms with van der Waals surface area (Å²) in [4.78, 5) is 15.5. The van der Waals surface area contributed by atoms with Gasteiger partial charge in [-0.05, 0) is 28.1 Å². The van der Waals surface area contributed by atoms with Crippen LogP contribution in [0.4, 0.5) is 0 Å². The van der Waals surface area contributed by atoms with Crippen LogP contribution in [0.5, 0.6) is 0 Å². The number of ether oxygens (including phenoxy) is 2. The lowest BCUT2D eigenvalue weighted by Gasteiger charge is -2.25. The predicted octanol–water partition coefficient (Wildman–Crippen LogP) is 1.40. The zero-order valence-corrected chi connectivity index (χ0v) is 8.86. The lowest BCUT2D eigenvalue weighted by Crippen LogP contribution is -2.37. The quantitative estimate of drug-likeness (QED) is 0.594. The Morgan fingerprint density at radius 1 is 1.64 bits per heavy atom.